The van der Waals surface area contributed by atoms with Crippen LogP contribution >= 0.6 is 0 Å². The van der Waals surface area contributed by atoms with Crippen molar-refractivity contribution in [3.63, 3.8) is 0 Å². The van der Waals surface area contributed by atoms with Crippen LogP contribution < -0.4 is 10.9 Å². The van der Waals surface area contributed by atoms with Crippen LogP contribution in [0.4, 0.5) is 10.2 Å². The number of nitrogens with zero attached hydrogens (tertiary/aromatic N) is 5. The van der Waals surface area contributed by atoms with E-state index in [-0.39, 0.29) is 5.39 Å². The number of aromatic nitrogens is 6. The molecule has 0 amide bonds. The average Bonchev–Trinajstić information content (AvgIpc) is 3.29. The molecule has 0 aliphatic rings. The van der Waals surface area contributed by atoms with Crippen LogP contribution in [0.5, 0.6) is 0 Å². The lowest BCUT2D eigenvalue weighted by Gasteiger charge is -2.23. The third-order valence-corrected chi connectivity index (χ3v) is 5.73. The molecule has 2 aromatic carbocycles. The largest absolute Gasteiger partial charge is 0.358 e. The molecule has 0 bridgehead atoms. The standard InChI is InChI=1S/C24H22FN7O/c1-4-16(30-22-20-21(27-11-26-20)28-12-29-22)23-31-17-7-5-6-15(25)19(17)24(33)32(23)18-10-13(2)8-9-14(18)3/h5-12,16H,4H2,1-3H3,(H2,26,27,28,29,30). The molecule has 5 aromatic rings. The van der Waals surface area contributed by atoms with E-state index in [2.05, 4.69) is 25.3 Å². The summed E-state index contributed by atoms with van der Waals surface area (Å²) < 4.78 is 16.2. The molecule has 0 saturated heterocycles. The van der Waals surface area contributed by atoms with Crippen LogP contribution in [0.1, 0.15) is 36.3 Å². The van der Waals surface area contributed by atoms with Crippen LogP contribution in [-0.4, -0.2) is 29.5 Å². The number of benzene rings is 2. The first-order valence-corrected chi connectivity index (χ1v) is 10.7. The van der Waals surface area contributed by atoms with E-state index < -0.39 is 17.4 Å². The molecule has 8 nitrogen and oxygen atoms in total. The Kier molecular flexibility index (Phi) is 5.08. The minimum Gasteiger partial charge on any atom is -0.358 e. The molecular weight excluding hydrogens is 421 g/mol. The zero-order chi connectivity index (χ0) is 23.1. The molecule has 3 aromatic heterocycles. The highest BCUT2D eigenvalue weighted by Gasteiger charge is 2.23. The Morgan fingerprint density at radius 1 is 1.15 bits per heavy atom. The van der Waals surface area contributed by atoms with Crippen molar-refractivity contribution in [1.29, 1.82) is 0 Å². The molecule has 33 heavy (non-hydrogen) atoms. The summed E-state index contributed by atoms with van der Waals surface area (Å²) in [5, 5.41) is 3.35. The van der Waals surface area contributed by atoms with Crippen molar-refractivity contribution in [2.45, 2.75) is 33.2 Å². The second-order valence-corrected chi connectivity index (χ2v) is 7.96. The summed E-state index contributed by atoms with van der Waals surface area (Å²) in [6.07, 6.45) is 3.57. The summed E-state index contributed by atoms with van der Waals surface area (Å²) in [6.45, 7) is 5.86. The summed E-state index contributed by atoms with van der Waals surface area (Å²) in [7, 11) is 0. The number of H-pyrrole nitrogens is 1. The minimum atomic E-state index is -0.591. The number of hydrogen-bond donors (Lipinski definition) is 2. The summed E-state index contributed by atoms with van der Waals surface area (Å²) in [5.41, 5.74) is 3.59. The highest BCUT2D eigenvalue weighted by molar-refractivity contribution is 5.82. The van der Waals surface area contributed by atoms with Crippen molar-refractivity contribution < 1.29 is 4.39 Å². The molecule has 0 radical (unpaired) electrons. The van der Waals surface area contributed by atoms with Crippen LogP contribution in [-0.2, 0) is 0 Å². The molecule has 166 valence electrons. The monoisotopic (exact) mass is 443 g/mol. The van der Waals surface area contributed by atoms with Gasteiger partial charge in [-0.2, -0.15) is 0 Å². The van der Waals surface area contributed by atoms with Crippen molar-refractivity contribution in [3.05, 3.63) is 82.2 Å². The van der Waals surface area contributed by atoms with Gasteiger partial charge in [-0.15, -0.1) is 0 Å². The zero-order valence-electron chi connectivity index (χ0n) is 18.4. The molecule has 0 fully saturated rings. The highest BCUT2D eigenvalue weighted by Crippen LogP contribution is 2.27. The normalized spacial score (nSPS) is 12.4. The lowest BCUT2D eigenvalue weighted by Crippen LogP contribution is -2.29. The number of aromatic amines is 1. The minimum absolute atomic E-state index is 0.0324. The Balaban J connectivity index is 1.78. The maximum Gasteiger partial charge on any atom is 0.269 e. The highest BCUT2D eigenvalue weighted by atomic mass is 19.1. The van der Waals surface area contributed by atoms with Crippen LogP contribution in [0, 0.1) is 19.7 Å². The fraction of sp³-hybridized carbons (Fsp3) is 0.208. The molecule has 0 spiro atoms. The number of anilines is 1. The third kappa shape index (κ3) is 3.51. The summed E-state index contributed by atoms with van der Waals surface area (Å²) in [6, 6.07) is 9.93. The van der Waals surface area contributed by atoms with Crippen molar-refractivity contribution in [3.8, 4) is 5.69 Å². The number of fused-ring (bicyclic) bond motifs is 2. The maximum absolute atomic E-state index is 14.7. The number of hydrogen-bond acceptors (Lipinski definition) is 6. The number of aryl methyl sites for hydroxylation is 2. The maximum atomic E-state index is 14.7. The van der Waals surface area contributed by atoms with E-state index in [4.69, 9.17) is 4.98 Å². The first-order valence-electron chi connectivity index (χ1n) is 10.7. The zero-order valence-corrected chi connectivity index (χ0v) is 18.4. The molecule has 1 atom stereocenters. The van der Waals surface area contributed by atoms with Gasteiger partial charge in [-0.3, -0.25) is 9.36 Å². The van der Waals surface area contributed by atoms with Gasteiger partial charge in [0.05, 0.1) is 23.6 Å². The molecular formula is C24H22FN7O. The summed E-state index contributed by atoms with van der Waals surface area (Å²) in [5.74, 6) is 0.428. The van der Waals surface area contributed by atoms with E-state index in [0.717, 1.165) is 11.1 Å². The molecule has 0 saturated carbocycles. The fourth-order valence-electron chi connectivity index (χ4n) is 4.02. The van der Waals surface area contributed by atoms with Crippen LogP contribution in [0.2, 0.25) is 0 Å². The first kappa shape index (κ1) is 20.7. The molecule has 0 aliphatic heterocycles. The van der Waals surface area contributed by atoms with E-state index in [1.807, 2.05) is 39.0 Å². The van der Waals surface area contributed by atoms with Crippen LogP contribution in [0.25, 0.3) is 27.8 Å². The Hall–Kier alpha value is -4.14. The van der Waals surface area contributed by atoms with Gasteiger partial charge in [-0.1, -0.05) is 25.1 Å². The Morgan fingerprint density at radius 2 is 2.00 bits per heavy atom. The molecule has 2 N–H and O–H groups in total. The average molecular weight is 443 g/mol. The summed E-state index contributed by atoms with van der Waals surface area (Å²) in [4.78, 5) is 34.2. The topological polar surface area (TPSA) is 101 Å². The smallest absolute Gasteiger partial charge is 0.269 e. The summed E-state index contributed by atoms with van der Waals surface area (Å²) >= 11 is 0. The van der Waals surface area contributed by atoms with Crippen LogP contribution in [0.3, 0.4) is 0 Å². The first-order chi connectivity index (χ1) is 16.0. The number of rotatable bonds is 5. The molecule has 9 heteroatoms. The van der Waals surface area contributed by atoms with Gasteiger partial charge < -0.3 is 10.3 Å². The van der Waals surface area contributed by atoms with Crippen molar-refractivity contribution >= 4 is 27.9 Å². The molecule has 0 aliphatic carbocycles. The predicted molar refractivity (Wildman–Crippen MR) is 125 cm³/mol. The lowest BCUT2D eigenvalue weighted by molar-refractivity contribution is 0.630. The van der Waals surface area contributed by atoms with E-state index in [1.165, 1.54) is 17.0 Å². The van der Waals surface area contributed by atoms with Gasteiger partial charge in [0.1, 0.15) is 28.9 Å². The van der Waals surface area contributed by atoms with Gasteiger partial charge in [-0.25, -0.2) is 24.3 Å². The molecule has 1 unspecified atom stereocenters. The van der Waals surface area contributed by atoms with E-state index in [0.29, 0.717) is 40.4 Å². The van der Waals surface area contributed by atoms with Crippen molar-refractivity contribution in [2.24, 2.45) is 0 Å². The van der Waals surface area contributed by atoms with Crippen molar-refractivity contribution in [1.82, 2.24) is 29.5 Å². The van der Waals surface area contributed by atoms with Gasteiger partial charge in [0.25, 0.3) is 5.56 Å². The molecule has 3 heterocycles. The second-order valence-electron chi connectivity index (χ2n) is 7.96. The third-order valence-electron chi connectivity index (χ3n) is 5.73. The van der Waals surface area contributed by atoms with E-state index >= 15 is 0 Å². The van der Waals surface area contributed by atoms with E-state index in [9.17, 15) is 9.18 Å². The fourth-order valence-corrected chi connectivity index (χ4v) is 4.02. The predicted octanol–water partition coefficient (Wildman–Crippen LogP) is 4.37. The SMILES string of the molecule is CCC(Nc1ncnc2nc[nH]c12)c1nc2cccc(F)c2c(=O)n1-c1cc(C)ccc1C. The molecule has 5 rings (SSSR count). The Labute approximate surface area is 188 Å². The van der Waals surface area contributed by atoms with Crippen LogP contribution in [0.15, 0.2) is 53.8 Å². The Morgan fingerprint density at radius 3 is 2.82 bits per heavy atom. The van der Waals surface area contributed by atoms with E-state index in [1.54, 1.807) is 18.5 Å². The second kappa shape index (κ2) is 8.09. The van der Waals surface area contributed by atoms with Gasteiger partial charge in [0.15, 0.2) is 11.5 Å². The lowest BCUT2D eigenvalue weighted by atomic mass is 10.1. The quantitative estimate of drug-likeness (QED) is 0.418. The van der Waals surface area contributed by atoms with Gasteiger partial charge in [0, 0.05) is 0 Å². The van der Waals surface area contributed by atoms with Gasteiger partial charge in [-0.05, 0) is 49.6 Å². The van der Waals surface area contributed by atoms with Gasteiger partial charge >= 0.3 is 0 Å². The number of imidazole rings is 1. The number of halogens is 1. The number of nitrogens with one attached hydrogen (secondary N) is 2. The van der Waals surface area contributed by atoms with Gasteiger partial charge in [0.2, 0.25) is 0 Å². The Bertz CT molecular complexity index is 1560. The van der Waals surface area contributed by atoms with Crippen molar-refractivity contribution in [2.75, 3.05) is 5.32 Å².